The second-order valence-corrected chi connectivity index (χ2v) is 7.34. The molecule has 1 aromatic carbocycles. The van der Waals surface area contributed by atoms with Crippen molar-refractivity contribution in [2.45, 2.75) is 11.4 Å². The summed E-state index contributed by atoms with van der Waals surface area (Å²) in [5.74, 6) is 0.620. The van der Waals surface area contributed by atoms with Crippen molar-refractivity contribution in [3.05, 3.63) is 66.5 Å². The fraction of sp³-hybridized carbons (Fsp3) is 0.176. The van der Waals surface area contributed by atoms with E-state index in [4.69, 9.17) is 4.74 Å². The minimum Gasteiger partial charge on any atom is -0.481 e. The second-order valence-electron chi connectivity index (χ2n) is 5.37. The van der Waals surface area contributed by atoms with Crippen LogP contribution < -0.4 is 9.04 Å². The Morgan fingerprint density at radius 3 is 2.60 bits per heavy atom. The highest BCUT2D eigenvalue weighted by molar-refractivity contribution is 7.92. The Kier molecular flexibility index (Phi) is 4.71. The number of anilines is 1. The average Bonchev–Trinajstić information content (AvgIpc) is 3.11. The highest BCUT2D eigenvalue weighted by Crippen LogP contribution is 2.22. The first-order valence-corrected chi connectivity index (χ1v) is 9.01. The van der Waals surface area contributed by atoms with Crippen molar-refractivity contribution in [1.29, 1.82) is 0 Å². The molecular formula is C17H18N4O3S. The monoisotopic (exact) mass is 358 g/mol. The highest BCUT2D eigenvalue weighted by atomic mass is 32.2. The average molecular weight is 358 g/mol. The van der Waals surface area contributed by atoms with E-state index >= 15 is 0 Å². The molecule has 0 saturated heterocycles. The van der Waals surface area contributed by atoms with Gasteiger partial charge in [0.25, 0.3) is 10.0 Å². The number of pyridine rings is 1. The van der Waals surface area contributed by atoms with E-state index in [9.17, 15) is 8.42 Å². The largest absolute Gasteiger partial charge is 0.481 e. The minimum absolute atomic E-state index is 0.107. The Bertz CT molecular complexity index is 955. The standard InChI is InChI=1S/C17H18N4O3S/c1-20(16-9-6-10-17(19-16)24-2)25(22,23)15-11-18-21(13-15)12-14-7-4-3-5-8-14/h3-11,13H,12H2,1-2H3. The van der Waals surface area contributed by atoms with Crippen molar-refractivity contribution in [2.24, 2.45) is 0 Å². The molecule has 0 radical (unpaired) electrons. The molecule has 7 nitrogen and oxygen atoms in total. The van der Waals surface area contributed by atoms with Crippen LogP contribution in [0.1, 0.15) is 5.56 Å². The number of hydrogen-bond donors (Lipinski definition) is 0. The predicted octanol–water partition coefficient (Wildman–Crippen LogP) is 2.16. The van der Waals surface area contributed by atoms with E-state index in [0.717, 1.165) is 9.87 Å². The molecule has 0 bridgehead atoms. The Morgan fingerprint density at radius 2 is 1.88 bits per heavy atom. The third kappa shape index (κ3) is 3.63. The van der Waals surface area contributed by atoms with E-state index in [1.807, 2.05) is 30.3 Å². The molecule has 130 valence electrons. The summed E-state index contributed by atoms with van der Waals surface area (Å²) >= 11 is 0. The summed E-state index contributed by atoms with van der Waals surface area (Å²) in [6.45, 7) is 0.498. The summed E-state index contributed by atoms with van der Waals surface area (Å²) in [6, 6.07) is 14.7. The van der Waals surface area contributed by atoms with Crippen molar-refractivity contribution in [2.75, 3.05) is 18.5 Å². The molecule has 0 unspecified atom stereocenters. The van der Waals surface area contributed by atoms with Crippen LogP contribution in [0.25, 0.3) is 0 Å². The molecule has 2 aromatic heterocycles. The van der Waals surface area contributed by atoms with E-state index in [-0.39, 0.29) is 10.7 Å². The topological polar surface area (TPSA) is 77.3 Å². The van der Waals surface area contributed by atoms with Crippen molar-refractivity contribution >= 4 is 15.8 Å². The van der Waals surface area contributed by atoms with Gasteiger partial charge in [0.15, 0.2) is 0 Å². The van der Waals surface area contributed by atoms with Crippen LogP contribution in [0.5, 0.6) is 5.88 Å². The summed E-state index contributed by atoms with van der Waals surface area (Å²) < 4.78 is 33.3. The van der Waals surface area contributed by atoms with Crippen molar-refractivity contribution in [3.63, 3.8) is 0 Å². The fourth-order valence-corrected chi connectivity index (χ4v) is 3.41. The van der Waals surface area contributed by atoms with E-state index in [1.54, 1.807) is 22.9 Å². The first-order valence-electron chi connectivity index (χ1n) is 7.57. The second kappa shape index (κ2) is 6.94. The quantitative estimate of drug-likeness (QED) is 0.675. The van der Waals surface area contributed by atoms with Crippen LogP contribution in [0.2, 0.25) is 0 Å². The molecule has 8 heteroatoms. The lowest BCUT2D eigenvalue weighted by Gasteiger charge is -2.17. The molecule has 0 aliphatic carbocycles. The molecule has 0 spiro atoms. The maximum atomic E-state index is 12.8. The molecule has 0 aliphatic rings. The first-order chi connectivity index (χ1) is 12.0. The predicted molar refractivity (Wildman–Crippen MR) is 94.1 cm³/mol. The maximum absolute atomic E-state index is 12.8. The van der Waals surface area contributed by atoms with Gasteiger partial charge in [-0.3, -0.25) is 8.99 Å². The summed E-state index contributed by atoms with van der Waals surface area (Å²) in [7, 11) is -0.826. The van der Waals surface area contributed by atoms with Crippen molar-refractivity contribution in [3.8, 4) is 5.88 Å². The molecule has 25 heavy (non-hydrogen) atoms. The lowest BCUT2D eigenvalue weighted by atomic mass is 10.2. The molecule has 0 fully saturated rings. The van der Waals surface area contributed by atoms with Gasteiger partial charge < -0.3 is 4.74 Å². The van der Waals surface area contributed by atoms with Gasteiger partial charge in [-0.15, -0.1) is 0 Å². The summed E-state index contributed by atoms with van der Waals surface area (Å²) in [5, 5.41) is 4.15. The molecule has 3 rings (SSSR count). The SMILES string of the molecule is COc1cccc(N(C)S(=O)(=O)c2cnn(Cc3ccccc3)c2)n1. The van der Waals surface area contributed by atoms with Gasteiger partial charge in [-0.2, -0.15) is 10.1 Å². The summed E-state index contributed by atoms with van der Waals surface area (Å²) in [4.78, 5) is 4.26. The molecule has 0 N–H and O–H groups in total. The van der Waals surface area contributed by atoms with E-state index in [2.05, 4.69) is 10.1 Å². The Labute approximate surface area is 146 Å². The van der Waals surface area contributed by atoms with Gasteiger partial charge in [0.2, 0.25) is 5.88 Å². The zero-order valence-electron chi connectivity index (χ0n) is 13.9. The Balaban J connectivity index is 1.84. The summed E-state index contributed by atoms with van der Waals surface area (Å²) in [6.07, 6.45) is 2.86. The van der Waals surface area contributed by atoms with Gasteiger partial charge in [-0.1, -0.05) is 36.4 Å². The molecule has 0 aliphatic heterocycles. The molecule has 2 heterocycles. The first kappa shape index (κ1) is 17.0. The van der Waals surface area contributed by atoms with Crippen LogP contribution in [0.4, 0.5) is 5.82 Å². The number of rotatable bonds is 6. The van der Waals surface area contributed by atoms with Gasteiger partial charge in [0.1, 0.15) is 10.7 Å². The Morgan fingerprint density at radius 1 is 1.12 bits per heavy atom. The minimum atomic E-state index is -3.76. The number of aromatic nitrogens is 3. The zero-order valence-corrected chi connectivity index (χ0v) is 14.7. The van der Waals surface area contributed by atoms with E-state index < -0.39 is 10.0 Å². The lowest BCUT2D eigenvalue weighted by molar-refractivity contribution is 0.398. The van der Waals surface area contributed by atoms with Gasteiger partial charge >= 0.3 is 0 Å². The van der Waals surface area contributed by atoms with Crippen LogP contribution in [0, 0.1) is 0 Å². The zero-order chi connectivity index (χ0) is 17.9. The molecular weight excluding hydrogens is 340 g/mol. The third-order valence-electron chi connectivity index (χ3n) is 3.70. The van der Waals surface area contributed by atoms with Crippen LogP contribution in [-0.2, 0) is 16.6 Å². The van der Waals surface area contributed by atoms with Crippen LogP contribution in [-0.4, -0.2) is 37.3 Å². The third-order valence-corrected chi connectivity index (χ3v) is 5.41. The molecule has 0 amide bonds. The molecule has 3 aromatic rings. The number of hydrogen-bond acceptors (Lipinski definition) is 5. The van der Waals surface area contributed by atoms with Gasteiger partial charge in [0, 0.05) is 19.3 Å². The highest BCUT2D eigenvalue weighted by Gasteiger charge is 2.24. The molecule has 0 saturated carbocycles. The van der Waals surface area contributed by atoms with E-state index in [0.29, 0.717) is 12.4 Å². The van der Waals surface area contributed by atoms with E-state index in [1.165, 1.54) is 26.6 Å². The van der Waals surface area contributed by atoms with Gasteiger partial charge in [-0.05, 0) is 11.6 Å². The fourth-order valence-electron chi connectivity index (χ4n) is 2.31. The normalized spacial score (nSPS) is 11.3. The van der Waals surface area contributed by atoms with Crippen molar-refractivity contribution < 1.29 is 13.2 Å². The van der Waals surface area contributed by atoms with Gasteiger partial charge in [-0.25, -0.2) is 8.42 Å². The van der Waals surface area contributed by atoms with Crippen LogP contribution in [0.15, 0.2) is 65.8 Å². The smallest absolute Gasteiger partial charge is 0.268 e. The van der Waals surface area contributed by atoms with Crippen molar-refractivity contribution in [1.82, 2.24) is 14.8 Å². The van der Waals surface area contributed by atoms with Crippen LogP contribution >= 0.6 is 0 Å². The maximum Gasteiger partial charge on any atom is 0.268 e. The Hall–Kier alpha value is -2.87. The number of benzene rings is 1. The number of ether oxygens (including phenoxy) is 1. The lowest BCUT2D eigenvalue weighted by Crippen LogP contribution is -2.27. The van der Waals surface area contributed by atoms with Crippen LogP contribution in [0.3, 0.4) is 0 Å². The number of methoxy groups -OCH3 is 1. The van der Waals surface area contributed by atoms with Gasteiger partial charge in [0.05, 0.1) is 19.9 Å². The molecule has 0 atom stereocenters. The number of nitrogens with zero attached hydrogens (tertiary/aromatic N) is 4. The number of sulfonamides is 1. The summed E-state index contributed by atoms with van der Waals surface area (Å²) in [5.41, 5.74) is 1.04.